The molecule has 1 aromatic heterocycles. The average molecular weight is 242 g/mol. The normalized spacial score (nSPS) is 12.1. The van der Waals surface area contributed by atoms with Gasteiger partial charge in [0.25, 0.3) is 6.43 Å². The molecule has 15 heavy (non-hydrogen) atoms. The molecule has 0 aliphatic carbocycles. The summed E-state index contributed by atoms with van der Waals surface area (Å²) in [4.78, 5) is 11.1. The highest BCUT2D eigenvalue weighted by molar-refractivity contribution is 7.89. The molecule has 0 saturated carbocycles. The van der Waals surface area contributed by atoms with Crippen molar-refractivity contribution in [2.75, 3.05) is 0 Å². The van der Waals surface area contributed by atoms with Crippen LogP contribution in [-0.4, -0.2) is 13.4 Å². The molecule has 0 spiro atoms. The van der Waals surface area contributed by atoms with Crippen molar-refractivity contribution in [3.05, 3.63) is 27.9 Å². The zero-order valence-electron chi connectivity index (χ0n) is 7.00. The number of primary sulfonamides is 1. The van der Waals surface area contributed by atoms with Crippen molar-refractivity contribution < 1.29 is 21.6 Å². The summed E-state index contributed by atoms with van der Waals surface area (Å²) in [6.45, 7) is 0. The van der Waals surface area contributed by atoms with Gasteiger partial charge in [-0.05, 0) is 0 Å². The molecule has 0 unspecified atom stereocenters. The van der Waals surface area contributed by atoms with E-state index in [0.29, 0.717) is 0 Å². The van der Waals surface area contributed by atoms with E-state index >= 15 is 0 Å². The van der Waals surface area contributed by atoms with Crippen LogP contribution in [-0.2, 0) is 10.0 Å². The van der Waals surface area contributed by atoms with Crippen molar-refractivity contribution in [1.29, 1.82) is 0 Å². The molecule has 0 aliphatic heterocycles. The average Bonchev–Trinajstić information content (AvgIpc) is 1.99. The van der Waals surface area contributed by atoms with Crippen LogP contribution < -0.4 is 10.6 Å². The Hall–Kier alpha value is -1.35. The predicted molar refractivity (Wildman–Crippen MR) is 43.4 cm³/mol. The lowest BCUT2D eigenvalue weighted by molar-refractivity contribution is 0.140. The zero-order valence-corrected chi connectivity index (χ0v) is 7.82. The summed E-state index contributed by atoms with van der Waals surface area (Å²) in [6, 6.07) is 0.228. The Balaban J connectivity index is 3.71. The first-order valence-corrected chi connectivity index (χ1v) is 5.02. The predicted octanol–water partition coefficient (Wildman–Crippen LogP) is 0.0990. The zero-order chi connectivity index (χ0) is 11.8. The number of aromatic amines is 1. The Bertz CT molecular complexity index is 537. The van der Waals surface area contributed by atoms with E-state index in [1.165, 1.54) is 4.98 Å². The second kappa shape index (κ2) is 3.66. The summed E-state index contributed by atoms with van der Waals surface area (Å²) in [5, 5.41) is 4.54. The van der Waals surface area contributed by atoms with Crippen molar-refractivity contribution in [3.63, 3.8) is 0 Å². The van der Waals surface area contributed by atoms with E-state index in [1.807, 2.05) is 0 Å². The van der Waals surface area contributed by atoms with Crippen LogP contribution in [0, 0.1) is 5.95 Å². The third-order valence-corrected chi connectivity index (χ3v) is 2.47. The van der Waals surface area contributed by atoms with E-state index in [4.69, 9.17) is 0 Å². The van der Waals surface area contributed by atoms with Gasteiger partial charge in [0.15, 0.2) is 10.8 Å². The first kappa shape index (κ1) is 11.7. The number of halogens is 3. The van der Waals surface area contributed by atoms with Gasteiger partial charge < -0.3 is 4.98 Å². The second-order valence-corrected chi connectivity index (χ2v) is 4.07. The van der Waals surface area contributed by atoms with E-state index in [0.717, 1.165) is 0 Å². The number of rotatable bonds is 2. The van der Waals surface area contributed by atoms with Crippen LogP contribution >= 0.6 is 0 Å². The van der Waals surface area contributed by atoms with E-state index in [2.05, 4.69) is 5.14 Å². The molecule has 0 saturated heterocycles. The van der Waals surface area contributed by atoms with Gasteiger partial charge in [-0.3, -0.25) is 4.79 Å². The number of hydrogen-bond acceptors (Lipinski definition) is 3. The van der Waals surface area contributed by atoms with Gasteiger partial charge in [-0.2, -0.15) is 4.39 Å². The molecule has 3 N–H and O–H groups in total. The fraction of sp³-hybridized carbons (Fsp3) is 0.167. The quantitative estimate of drug-likeness (QED) is 0.720. The number of nitrogens with two attached hydrogens (primary N) is 1. The number of aromatic nitrogens is 1. The number of H-pyrrole nitrogens is 1. The summed E-state index contributed by atoms with van der Waals surface area (Å²) < 4.78 is 58.6. The smallest absolute Gasteiger partial charge is 0.279 e. The fourth-order valence-electron chi connectivity index (χ4n) is 0.982. The molecule has 0 atom stereocenters. The fourth-order valence-corrected chi connectivity index (χ4v) is 1.77. The Morgan fingerprint density at radius 3 is 2.33 bits per heavy atom. The van der Waals surface area contributed by atoms with Crippen LogP contribution in [0.1, 0.15) is 12.1 Å². The standard InChI is InChI=1S/C6H5F3N2O3S/c7-3-1-2(12)5(15(10,13)14)4(11-3)6(8)9/h1,6H,(H,11,12)(H2,10,13,14). The number of pyridine rings is 1. The Labute approximate surface area is 81.8 Å². The third-order valence-electron chi connectivity index (χ3n) is 1.48. The number of nitrogens with one attached hydrogen (secondary N) is 1. The molecule has 1 rings (SSSR count). The Kier molecular flexibility index (Phi) is 2.86. The van der Waals surface area contributed by atoms with Crippen molar-refractivity contribution in [2.24, 2.45) is 5.14 Å². The highest BCUT2D eigenvalue weighted by atomic mass is 32.2. The molecule has 0 aromatic carbocycles. The molecule has 0 amide bonds. The molecular weight excluding hydrogens is 237 g/mol. The Morgan fingerprint density at radius 1 is 1.40 bits per heavy atom. The van der Waals surface area contributed by atoms with Crippen molar-refractivity contribution in [3.8, 4) is 0 Å². The lowest BCUT2D eigenvalue weighted by Gasteiger charge is -2.05. The van der Waals surface area contributed by atoms with Gasteiger partial charge in [0.2, 0.25) is 15.5 Å². The molecule has 0 radical (unpaired) electrons. The van der Waals surface area contributed by atoms with Crippen LogP contribution in [0.3, 0.4) is 0 Å². The van der Waals surface area contributed by atoms with Gasteiger partial charge in [-0.1, -0.05) is 0 Å². The minimum atomic E-state index is -4.62. The van der Waals surface area contributed by atoms with E-state index in [-0.39, 0.29) is 6.07 Å². The summed E-state index contributed by atoms with van der Waals surface area (Å²) in [7, 11) is -4.62. The third kappa shape index (κ3) is 2.36. The number of alkyl halides is 2. The molecule has 9 heteroatoms. The lowest BCUT2D eigenvalue weighted by atomic mass is 10.3. The summed E-state index contributed by atoms with van der Waals surface area (Å²) in [5.74, 6) is -1.36. The summed E-state index contributed by atoms with van der Waals surface area (Å²) >= 11 is 0. The van der Waals surface area contributed by atoms with Crippen LogP contribution in [0.15, 0.2) is 15.8 Å². The first-order valence-electron chi connectivity index (χ1n) is 3.47. The second-order valence-electron chi connectivity index (χ2n) is 2.57. The molecule has 84 valence electrons. The van der Waals surface area contributed by atoms with E-state index in [1.54, 1.807) is 0 Å². The molecule has 0 fully saturated rings. The number of sulfonamides is 1. The minimum absolute atomic E-state index is 0.228. The minimum Gasteiger partial charge on any atom is -0.329 e. The highest BCUT2D eigenvalue weighted by Crippen LogP contribution is 2.20. The van der Waals surface area contributed by atoms with Gasteiger partial charge >= 0.3 is 0 Å². The van der Waals surface area contributed by atoms with Crippen molar-refractivity contribution >= 4 is 10.0 Å². The largest absolute Gasteiger partial charge is 0.329 e. The molecule has 1 heterocycles. The van der Waals surface area contributed by atoms with Crippen LogP contribution in [0.25, 0.3) is 0 Å². The first-order chi connectivity index (χ1) is 6.73. The van der Waals surface area contributed by atoms with Gasteiger partial charge in [0.05, 0.1) is 0 Å². The number of hydrogen-bond donors (Lipinski definition) is 2. The van der Waals surface area contributed by atoms with Gasteiger partial charge in [-0.25, -0.2) is 22.3 Å². The van der Waals surface area contributed by atoms with Gasteiger partial charge in [0, 0.05) is 6.07 Å². The summed E-state index contributed by atoms with van der Waals surface area (Å²) in [5.41, 5.74) is -2.76. The molecule has 1 aromatic rings. The van der Waals surface area contributed by atoms with Crippen molar-refractivity contribution in [2.45, 2.75) is 11.3 Å². The monoisotopic (exact) mass is 242 g/mol. The van der Waals surface area contributed by atoms with Crippen LogP contribution in [0.5, 0.6) is 0 Å². The van der Waals surface area contributed by atoms with Crippen molar-refractivity contribution in [1.82, 2.24) is 4.98 Å². The van der Waals surface area contributed by atoms with Crippen LogP contribution in [0.4, 0.5) is 13.2 Å². The molecule has 0 bridgehead atoms. The summed E-state index contributed by atoms with van der Waals surface area (Å²) in [6.07, 6.45) is -3.35. The maximum absolute atomic E-state index is 12.5. The maximum Gasteiger partial charge on any atom is 0.279 e. The lowest BCUT2D eigenvalue weighted by Crippen LogP contribution is -2.25. The maximum atomic E-state index is 12.5. The highest BCUT2D eigenvalue weighted by Gasteiger charge is 2.25. The Morgan fingerprint density at radius 2 is 1.93 bits per heavy atom. The SMILES string of the molecule is NS(=O)(=O)c1c(C(F)F)[nH]c(F)cc1=O. The van der Waals surface area contributed by atoms with Gasteiger partial charge in [0.1, 0.15) is 5.69 Å². The molecule has 5 nitrogen and oxygen atoms in total. The van der Waals surface area contributed by atoms with E-state index < -0.39 is 38.4 Å². The molecule has 0 aliphatic rings. The van der Waals surface area contributed by atoms with Gasteiger partial charge in [-0.15, -0.1) is 0 Å². The van der Waals surface area contributed by atoms with E-state index in [9.17, 15) is 26.4 Å². The topological polar surface area (TPSA) is 93.0 Å². The van der Waals surface area contributed by atoms with Crippen LogP contribution in [0.2, 0.25) is 0 Å². The molecular formula is C6H5F3N2O3S.